The van der Waals surface area contributed by atoms with E-state index in [1.807, 2.05) is 11.6 Å². The summed E-state index contributed by atoms with van der Waals surface area (Å²) in [6.45, 7) is 4.90. The first-order valence-electron chi connectivity index (χ1n) is 11.6. The van der Waals surface area contributed by atoms with Crippen LogP contribution in [0.2, 0.25) is 0 Å². The molecule has 6 atom stereocenters. The van der Waals surface area contributed by atoms with E-state index in [0.717, 1.165) is 42.7 Å². The molecule has 4 rings (SSSR count). The minimum atomic E-state index is -1.51. The third kappa shape index (κ3) is 5.24. The number of nitrogens with zero attached hydrogens (tertiary/aromatic N) is 2. The normalized spacial score (nSPS) is 30.0. The predicted molar refractivity (Wildman–Crippen MR) is 119 cm³/mol. The molecule has 33 heavy (non-hydrogen) atoms. The maximum Gasteiger partial charge on any atom is 0.239 e. The average Bonchev–Trinajstić information content (AvgIpc) is 3.44. The maximum atomic E-state index is 10.4. The molecule has 0 spiro atoms. The SMILES string of the molecule is CCc1ccc(Cc2c(O[C@@H]3O[C@H](CO)[C@@H](O)[C@H](O)[C@H]3O)nn(C[C@@H]3CCCO3)c2C)cc1. The first-order chi connectivity index (χ1) is 15.9. The molecule has 0 aliphatic carbocycles. The monoisotopic (exact) mass is 462 g/mol. The fourth-order valence-electron chi connectivity index (χ4n) is 4.38. The van der Waals surface area contributed by atoms with Gasteiger partial charge >= 0.3 is 0 Å². The van der Waals surface area contributed by atoms with Gasteiger partial charge in [0, 0.05) is 24.3 Å². The molecule has 4 N–H and O–H groups in total. The molecule has 0 unspecified atom stereocenters. The standard InChI is InChI=1S/C24H34N2O7/c1-3-15-6-8-16(9-7-15)11-18-14(2)26(12-17-5-4-10-31-17)25-23(18)33-24-22(30)21(29)20(28)19(13-27)32-24/h6-9,17,19-22,24,27-30H,3-5,10-13H2,1-2H3/t17-,19+,20+,21-,22+,24-/m0/s1. The lowest BCUT2D eigenvalue weighted by Gasteiger charge is -2.39. The molecule has 1 aromatic heterocycles. The Morgan fingerprint density at radius 1 is 1.09 bits per heavy atom. The Morgan fingerprint density at radius 2 is 1.82 bits per heavy atom. The second-order valence-electron chi connectivity index (χ2n) is 8.85. The topological polar surface area (TPSA) is 126 Å². The van der Waals surface area contributed by atoms with Crippen molar-refractivity contribution in [1.82, 2.24) is 9.78 Å². The molecule has 2 aliphatic rings. The fourth-order valence-corrected chi connectivity index (χ4v) is 4.38. The van der Waals surface area contributed by atoms with Crippen molar-refractivity contribution >= 4 is 0 Å². The van der Waals surface area contributed by atoms with Gasteiger partial charge in [-0.05, 0) is 37.3 Å². The van der Waals surface area contributed by atoms with Gasteiger partial charge in [0.25, 0.3) is 0 Å². The Balaban J connectivity index is 1.61. The average molecular weight is 463 g/mol. The van der Waals surface area contributed by atoms with E-state index in [0.29, 0.717) is 13.0 Å². The molecule has 0 amide bonds. The lowest BCUT2D eigenvalue weighted by atomic mass is 9.99. The van der Waals surface area contributed by atoms with Gasteiger partial charge < -0.3 is 34.6 Å². The van der Waals surface area contributed by atoms with Gasteiger partial charge in [-0.3, -0.25) is 4.68 Å². The summed E-state index contributed by atoms with van der Waals surface area (Å²) in [6, 6.07) is 8.35. The summed E-state index contributed by atoms with van der Waals surface area (Å²) >= 11 is 0. The lowest BCUT2D eigenvalue weighted by molar-refractivity contribution is -0.278. The molecule has 3 heterocycles. The Labute approximate surface area is 193 Å². The smallest absolute Gasteiger partial charge is 0.239 e. The largest absolute Gasteiger partial charge is 0.443 e. The highest BCUT2D eigenvalue weighted by Crippen LogP contribution is 2.30. The summed E-state index contributed by atoms with van der Waals surface area (Å²) < 4.78 is 19.1. The van der Waals surface area contributed by atoms with Crippen LogP contribution >= 0.6 is 0 Å². The van der Waals surface area contributed by atoms with Crippen LogP contribution in [-0.4, -0.2) is 80.2 Å². The van der Waals surface area contributed by atoms with Crippen LogP contribution in [-0.2, 0) is 28.9 Å². The lowest BCUT2D eigenvalue weighted by Crippen LogP contribution is -2.60. The first kappa shape index (κ1) is 24.1. The molecule has 9 heteroatoms. The van der Waals surface area contributed by atoms with Crippen LogP contribution in [0.4, 0.5) is 0 Å². The van der Waals surface area contributed by atoms with Crippen LogP contribution in [0.5, 0.6) is 5.88 Å². The zero-order valence-corrected chi connectivity index (χ0v) is 19.1. The second-order valence-corrected chi connectivity index (χ2v) is 8.85. The van der Waals surface area contributed by atoms with Gasteiger partial charge in [-0.15, -0.1) is 5.10 Å². The van der Waals surface area contributed by atoms with E-state index >= 15 is 0 Å². The van der Waals surface area contributed by atoms with Crippen LogP contribution in [0, 0.1) is 6.92 Å². The van der Waals surface area contributed by atoms with Crippen molar-refractivity contribution in [2.45, 2.75) is 82.9 Å². The third-order valence-electron chi connectivity index (χ3n) is 6.58. The van der Waals surface area contributed by atoms with E-state index in [4.69, 9.17) is 14.2 Å². The number of rotatable bonds is 8. The molecule has 2 fully saturated rings. The maximum absolute atomic E-state index is 10.4. The van der Waals surface area contributed by atoms with Crippen molar-refractivity contribution in [3.8, 4) is 5.88 Å². The second kappa shape index (κ2) is 10.5. The van der Waals surface area contributed by atoms with Gasteiger partial charge in [0.05, 0.1) is 19.3 Å². The number of aliphatic hydroxyl groups excluding tert-OH is 4. The van der Waals surface area contributed by atoms with Crippen molar-refractivity contribution in [3.05, 3.63) is 46.6 Å². The van der Waals surface area contributed by atoms with Crippen molar-refractivity contribution in [1.29, 1.82) is 0 Å². The zero-order valence-electron chi connectivity index (χ0n) is 19.1. The van der Waals surface area contributed by atoms with E-state index in [2.05, 4.69) is 36.3 Å². The van der Waals surface area contributed by atoms with Crippen LogP contribution in [0.25, 0.3) is 0 Å². The molecule has 2 aromatic rings. The quantitative estimate of drug-likeness (QED) is 0.452. The summed E-state index contributed by atoms with van der Waals surface area (Å²) in [5, 5.41) is 44.7. The summed E-state index contributed by atoms with van der Waals surface area (Å²) in [6.07, 6.45) is -3.19. The van der Waals surface area contributed by atoms with Crippen molar-refractivity contribution < 1.29 is 34.6 Å². The van der Waals surface area contributed by atoms with Crippen molar-refractivity contribution in [2.24, 2.45) is 0 Å². The summed E-state index contributed by atoms with van der Waals surface area (Å²) in [7, 11) is 0. The highest BCUT2D eigenvalue weighted by Gasteiger charge is 2.45. The minimum Gasteiger partial charge on any atom is -0.443 e. The molecular weight excluding hydrogens is 428 g/mol. The first-order valence-corrected chi connectivity index (χ1v) is 11.6. The van der Waals surface area contributed by atoms with Gasteiger partial charge in [-0.1, -0.05) is 31.2 Å². The van der Waals surface area contributed by atoms with Gasteiger partial charge in [-0.2, -0.15) is 0 Å². The Bertz CT molecular complexity index is 908. The van der Waals surface area contributed by atoms with Gasteiger partial charge in [-0.25, -0.2) is 0 Å². The van der Waals surface area contributed by atoms with E-state index < -0.39 is 37.3 Å². The highest BCUT2D eigenvalue weighted by molar-refractivity contribution is 5.37. The van der Waals surface area contributed by atoms with E-state index in [-0.39, 0.29) is 12.0 Å². The van der Waals surface area contributed by atoms with Crippen molar-refractivity contribution in [2.75, 3.05) is 13.2 Å². The van der Waals surface area contributed by atoms with E-state index in [1.54, 1.807) is 0 Å². The molecule has 0 radical (unpaired) electrons. The van der Waals surface area contributed by atoms with Crippen LogP contribution in [0.15, 0.2) is 24.3 Å². The van der Waals surface area contributed by atoms with E-state index in [1.165, 1.54) is 5.56 Å². The minimum absolute atomic E-state index is 0.0837. The van der Waals surface area contributed by atoms with Gasteiger partial charge in [0.1, 0.15) is 24.4 Å². The van der Waals surface area contributed by atoms with Crippen molar-refractivity contribution in [3.63, 3.8) is 0 Å². The Hall–Kier alpha value is -2.01. The number of aryl methyl sites for hydroxylation is 1. The van der Waals surface area contributed by atoms with Crippen LogP contribution < -0.4 is 4.74 Å². The third-order valence-corrected chi connectivity index (χ3v) is 6.58. The molecule has 0 bridgehead atoms. The molecule has 2 saturated heterocycles. The number of ether oxygens (including phenoxy) is 3. The number of aliphatic hydroxyl groups is 4. The number of hydrogen-bond donors (Lipinski definition) is 4. The highest BCUT2D eigenvalue weighted by atomic mass is 16.7. The molecule has 2 aliphatic heterocycles. The van der Waals surface area contributed by atoms with Gasteiger partial charge in [0.15, 0.2) is 0 Å². The van der Waals surface area contributed by atoms with E-state index in [9.17, 15) is 20.4 Å². The van der Waals surface area contributed by atoms with Crippen LogP contribution in [0.3, 0.4) is 0 Å². The summed E-state index contributed by atoms with van der Waals surface area (Å²) in [5.74, 6) is 0.286. The zero-order chi connectivity index (χ0) is 23.5. The molecule has 182 valence electrons. The predicted octanol–water partition coefficient (Wildman–Crippen LogP) is 0.702. The Morgan fingerprint density at radius 3 is 2.45 bits per heavy atom. The number of aromatic nitrogens is 2. The summed E-state index contributed by atoms with van der Waals surface area (Å²) in [5.41, 5.74) is 4.10. The molecular formula is C24H34N2O7. The van der Waals surface area contributed by atoms with Gasteiger partial charge in [0.2, 0.25) is 12.2 Å². The fraction of sp³-hybridized carbons (Fsp3) is 0.625. The number of benzene rings is 1. The molecule has 1 aromatic carbocycles. The Kier molecular flexibility index (Phi) is 7.68. The number of hydrogen-bond acceptors (Lipinski definition) is 8. The summed E-state index contributed by atoms with van der Waals surface area (Å²) in [4.78, 5) is 0. The molecule has 9 nitrogen and oxygen atoms in total. The molecule has 0 saturated carbocycles. The van der Waals surface area contributed by atoms with Crippen LogP contribution in [0.1, 0.15) is 42.1 Å².